The van der Waals surface area contributed by atoms with Crippen LogP contribution >= 0.6 is 0 Å². The summed E-state index contributed by atoms with van der Waals surface area (Å²) in [6.07, 6.45) is 3.06. The zero-order valence-corrected chi connectivity index (χ0v) is 13.5. The Morgan fingerprint density at radius 1 is 1.33 bits per heavy atom. The Balaban J connectivity index is 1.44. The first-order chi connectivity index (χ1) is 11.7. The van der Waals surface area contributed by atoms with Crippen molar-refractivity contribution in [2.45, 2.75) is 25.4 Å². The number of fused-ring (bicyclic) bond motifs is 1. The molecule has 1 fully saturated rings. The predicted molar refractivity (Wildman–Crippen MR) is 89.2 cm³/mol. The van der Waals surface area contributed by atoms with E-state index >= 15 is 0 Å². The molecule has 0 spiro atoms. The molecule has 6 heteroatoms. The summed E-state index contributed by atoms with van der Waals surface area (Å²) in [5.41, 5.74) is 0.192. The van der Waals surface area contributed by atoms with E-state index in [2.05, 4.69) is 5.32 Å². The Morgan fingerprint density at radius 2 is 2.21 bits per heavy atom. The molecule has 2 heterocycles. The number of carbonyl (C=O) groups excluding carboxylic acids is 1. The Morgan fingerprint density at radius 3 is 3.04 bits per heavy atom. The fourth-order valence-electron chi connectivity index (χ4n) is 2.67. The van der Waals surface area contributed by atoms with Crippen LogP contribution in [0.1, 0.15) is 29.8 Å². The van der Waals surface area contributed by atoms with Gasteiger partial charge in [0.2, 0.25) is 0 Å². The van der Waals surface area contributed by atoms with Crippen molar-refractivity contribution in [2.24, 2.45) is 0 Å². The van der Waals surface area contributed by atoms with Crippen molar-refractivity contribution < 1.29 is 18.7 Å². The van der Waals surface area contributed by atoms with Crippen molar-refractivity contribution in [3.63, 3.8) is 0 Å². The van der Waals surface area contributed by atoms with Crippen LogP contribution in [0.3, 0.4) is 0 Å². The van der Waals surface area contributed by atoms with Gasteiger partial charge in [0, 0.05) is 25.8 Å². The van der Waals surface area contributed by atoms with Crippen LogP contribution in [0.15, 0.2) is 39.5 Å². The first kappa shape index (κ1) is 16.7. The standard InChI is InChI=1S/C18H21NO5/c20-15-11-17(24-16-7-2-1-6-14(15)16)18(21)19-8-4-9-22-12-13-5-3-10-23-13/h1-2,6-7,11,13H,3-5,8-10,12H2,(H,19,21)/t13-/m1/s1. The lowest BCUT2D eigenvalue weighted by atomic mass is 10.2. The van der Waals surface area contributed by atoms with Gasteiger partial charge in [-0.1, -0.05) is 12.1 Å². The molecule has 24 heavy (non-hydrogen) atoms. The van der Waals surface area contributed by atoms with Crippen LogP contribution < -0.4 is 10.7 Å². The summed E-state index contributed by atoms with van der Waals surface area (Å²) >= 11 is 0. The zero-order valence-electron chi connectivity index (χ0n) is 13.5. The SMILES string of the molecule is O=C(NCCCOC[C@H]1CCCO1)c1cc(=O)c2ccccc2o1. The summed E-state index contributed by atoms with van der Waals surface area (Å²) < 4.78 is 16.5. The molecule has 1 aromatic carbocycles. The van der Waals surface area contributed by atoms with Gasteiger partial charge in [-0.2, -0.15) is 0 Å². The summed E-state index contributed by atoms with van der Waals surface area (Å²) in [4.78, 5) is 24.1. The number of hydrogen-bond donors (Lipinski definition) is 1. The van der Waals surface area contributed by atoms with Crippen molar-refractivity contribution in [3.8, 4) is 0 Å². The van der Waals surface area contributed by atoms with Gasteiger partial charge in [0.05, 0.1) is 18.1 Å². The number of nitrogens with one attached hydrogen (secondary N) is 1. The summed E-state index contributed by atoms with van der Waals surface area (Å²) in [5.74, 6) is -0.365. The number of amides is 1. The van der Waals surface area contributed by atoms with E-state index in [1.807, 2.05) is 0 Å². The molecule has 0 aliphatic carbocycles. The number of benzene rings is 1. The molecule has 2 aromatic rings. The van der Waals surface area contributed by atoms with E-state index in [-0.39, 0.29) is 17.3 Å². The molecule has 1 aliphatic rings. The molecule has 1 aliphatic heterocycles. The first-order valence-corrected chi connectivity index (χ1v) is 8.24. The summed E-state index contributed by atoms with van der Waals surface area (Å²) in [5, 5.41) is 3.21. The predicted octanol–water partition coefficient (Wildman–Crippen LogP) is 2.11. The monoisotopic (exact) mass is 331 g/mol. The molecule has 1 N–H and O–H groups in total. The highest BCUT2D eigenvalue weighted by Crippen LogP contribution is 2.12. The average Bonchev–Trinajstić information content (AvgIpc) is 3.11. The number of hydrogen-bond acceptors (Lipinski definition) is 5. The van der Waals surface area contributed by atoms with Crippen molar-refractivity contribution in [2.75, 3.05) is 26.4 Å². The normalized spacial score (nSPS) is 17.2. The van der Waals surface area contributed by atoms with Crippen LogP contribution in [0.4, 0.5) is 0 Å². The maximum absolute atomic E-state index is 12.1. The number of carbonyl (C=O) groups is 1. The molecule has 0 bridgehead atoms. The quantitative estimate of drug-likeness (QED) is 0.786. The van der Waals surface area contributed by atoms with Crippen LogP contribution in [0.25, 0.3) is 11.0 Å². The van der Waals surface area contributed by atoms with Crippen molar-refractivity contribution >= 4 is 16.9 Å². The van der Waals surface area contributed by atoms with Crippen LogP contribution in [-0.4, -0.2) is 38.4 Å². The molecule has 3 rings (SSSR count). The van der Waals surface area contributed by atoms with Crippen molar-refractivity contribution in [3.05, 3.63) is 46.3 Å². The van der Waals surface area contributed by atoms with Gasteiger partial charge in [0.1, 0.15) is 5.58 Å². The molecule has 1 amide bonds. The highest BCUT2D eigenvalue weighted by molar-refractivity contribution is 5.93. The van der Waals surface area contributed by atoms with Gasteiger partial charge in [-0.05, 0) is 31.4 Å². The summed E-state index contributed by atoms with van der Waals surface area (Å²) in [7, 11) is 0. The van der Waals surface area contributed by atoms with Gasteiger partial charge in [-0.25, -0.2) is 0 Å². The Bertz CT molecular complexity index is 748. The minimum atomic E-state index is -0.392. The lowest BCUT2D eigenvalue weighted by Gasteiger charge is -2.10. The van der Waals surface area contributed by atoms with Gasteiger partial charge in [-0.15, -0.1) is 0 Å². The molecule has 6 nitrogen and oxygen atoms in total. The molecule has 1 saturated heterocycles. The smallest absolute Gasteiger partial charge is 0.287 e. The van der Waals surface area contributed by atoms with Crippen LogP contribution in [0.2, 0.25) is 0 Å². The van der Waals surface area contributed by atoms with E-state index in [4.69, 9.17) is 13.9 Å². The van der Waals surface area contributed by atoms with E-state index in [1.165, 1.54) is 6.07 Å². The lowest BCUT2D eigenvalue weighted by Crippen LogP contribution is -2.26. The van der Waals surface area contributed by atoms with Gasteiger partial charge in [0.25, 0.3) is 5.91 Å². The number of para-hydroxylation sites is 1. The second-order valence-corrected chi connectivity index (χ2v) is 5.79. The fourth-order valence-corrected chi connectivity index (χ4v) is 2.67. The number of ether oxygens (including phenoxy) is 2. The molecule has 0 radical (unpaired) electrons. The van der Waals surface area contributed by atoms with E-state index < -0.39 is 5.91 Å². The molecule has 128 valence electrons. The minimum Gasteiger partial charge on any atom is -0.451 e. The second kappa shape index (κ2) is 8.08. The highest BCUT2D eigenvalue weighted by atomic mass is 16.5. The maximum Gasteiger partial charge on any atom is 0.287 e. The van der Waals surface area contributed by atoms with Gasteiger partial charge >= 0.3 is 0 Å². The van der Waals surface area contributed by atoms with E-state index in [9.17, 15) is 9.59 Å². The fraction of sp³-hybridized carbons (Fsp3) is 0.444. The topological polar surface area (TPSA) is 77.8 Å². The van der Waals surface area contributed by atoms with E-state index in [0.29, 0.717) is 37.1 Å². The third-order valence-corrected chi connectivity index (χ3v) is 3.94. The van der Waals surface area contributed by atoms with Crippen LogP contribution in [-0.2, 0) is 9.47 Å². The Hall–Kier alpha value is -2.18. The number of rotatable bonds is 7. The molecular formula is C18H21NO5. The second-order valence-electron chi connectivity index (χ2n) is 5.79. The molecule has 0 saturated carbocycles. The largest absolute Gasteiger partial charge is 0.451 e. The maximum atomic E-state index is 12.1. The lowest BCUT2D eigenvalue weighted by molar-refractivity contribution is 0.0166. The Labute approximate surface area is 139 Å². The molecule has 1 atom stereocenters. The van der Waals surface area contributed by atoms with Crippen molar-refractivity contribution in [1.82, 2.24) is 5.32 Å². The Kier molecular flexibility index (Phi) is 5.61. The van der Waals surface area contributed by atoms with Crippen LogP contribution in [0.5, 0.6) is 0 Å². The minimum absolute atomic E-state index is 0.0268. The zero-order chi connectivity index (χ0) is 16.8. The van der Waals surface area contributed by atoms with E-state index in [1.54, 1.807) is 24.3 Å². The van der Waals surface area contributed by atoms with Crippen molar-refractivity contribution in [1.29, 1.82) is 0 Å². The molecule has 0 unspecified atom stereocenters. The molecule has 1 aromatic heterocycles. The summed E-state index contributed by atoms with van der Waals surface area (Å²) in [6, 6.07) is 8.10. The van der Waals surface area contributed by atoms with Gasteiger partial charge < -0.3 is 19.2 Å². The van der Waals surface area contributed by atoms with Gasteiger partial charge in [-0.3, -0.25) is 9.59 Å². The van der Waals surface area contributed by atoms with Crippen LogP contribution in [0, 0.1) is 0 Å². The highest BCUT2D eigenvalue weighted by Gasteiger charge is 2.15. The van der Waals surface area contributed by atoms with Gasteiger partial charge in [0.15, 0.2) is 11.2 Å². The third kappa shape index (κ3) is 4.21. The summed E-state index contributed by atoms with van der Waals surface area (Å²) in [6.45, 7) is 2.44. The first-order valence-electron chi connectivity index (χ1n) is 8.24. The average molecular weight is 331 g/mol. The van der Waals surface area contributed by atoms with E-state index in [0.717, 1.165) is 19.4 Å². The third-order valence-electron chi connectivity index (χ3n) is 3.94. The molecular weight excluding hydrogens is 310 g/mol.